The van der Waals surface area contributed by atoms with Crippen LogP contribution in [0.4, 0.5) is 5.69 Å². The number of carbonyl (C=O) groups excluding carboxylic acids is 1. The molecule has 2 heterocycles. The summed E-state index contributed by atoms with van der Waals surface area (Å²) in [5.74, 6) is -0.135. The van der Waals surface area contributed by atoms with E-state index < -0.39 is 0 Å². The summed E-state index contributed by atoms with van der Waals surface area (Å²) in [6.45, 7) is 3.97. The molecule has 0 spiro atoms. The number of benzene rings is 2. The maximum Gasteiger partial charge on any atom is 0.255 e. The second kappa shape index (κ2) is 6.14. The molecule has 0 unspecified atom stereocenters. The van der Waals surface area contributed by atoms with E-state index in [1.54, 1.807) is 29.7 Å². The van der Waals surface area contributed by atoms with Crippen molar-refractivity contribution in [1.29, 1.82) is 0 Å². The number of rotatable bonds is 3. The van der Waals surface area contributed by atoms with Gasteiger partial charge in [-0.05, 0) is 62.4 Å². The number of anilines is 1. The highest BCUT2D eigenvalue weighted by Crippen LogP contribution is 2.25. The standard InChI is InChI=1S/C19H16N4OS/c1-12-9-10-20-23(12)16-6-3-14(4-7-16)19(24)22-15-5-8-17-18(11-15)25-13(2)21-17/h3-11H,1-2H3,(H,22,24). The molecule has 25 heavy (non-hydrogen) atoms. The fourth-order valence-corrected chi connectivity index (χ4v) is 3.58. The lowest BCUT2D eigenvalue weighted by Gasteiger charge is -2.07. The van der Waals surface area contributed by atoms with Gasteiger partial charge in [0.25, 0.3) is 5.91 Å². The first kappa shape index (κ1) is 15.5. The maximum atomic E-state index is 12.5. The molecule has 4 rings (SSSR count). The summed E-state index contributed by atoms with van der Waals surface area (Å²) in [5, 5.41) is 8.23. The van der Waals surface area contributed by atoms with Crippen molar-refractivity contribution in [3.05, 3.63) is 71.0 Å². The SMILES string of the molecule is Cc1nc2ccc(NC(=O)c3ccc(-n4nccc4C)cc3)cc2s1. The second-order valence-electron chi connectivity index (χ2n) is 5.80. The van der Waals surface area contributed by atoms with E-state index in [1.807, 2.05) is 54.9 Å². The molecule has 5 nitrogen and oxygen atoms in total. The molecule has 1 N–H and O–H groups in total. The van der Waals surface area contributed by atoms with Gasteiger partial charge in [0, 0.05) is 23.1 Å². The number of hydrogen-bond acceptors (Lipinski definition) is 4. The van der Waals surface area contributed by atoms with Crippen LogP contribution >= 0.6 is 11.3 Å². The summed E-state index contributed by atoms with van der Waals surface area (Å²) in [4.78, 5) is 16.9. The molecule has 0 bridgehead atoms. The van der Waals surface area contributed by atoms with Crippen LogP contribution in [0.2, 0.25) is 0 Å². The smallest absolute Gasteiger partial charge is 0.255 e. The zero-order valence-electron chi connectivity index (χ0n) is 13.9. The summed E-state index contributed by atoms with van der Waals surface area (Å²) in [7, 11) is 0. The number of nitrogens with one attached hydrogen (secondary N) is 1. The van der Waals surface area contributed by atoms with Gasteiger partial charge in [0.2, 0.25) is 0 Å². The lowest BCUT2D eigenvalue weighted by Crippen LogP contribution is -2.12. The number of hydrogen-bond donors (Lipinski definition) is 1. The Morgan fingerprint density at radius 2 is 1.88 bits per heavy atom. The molecule has 0 saturated carbocycles. The molecular formula is C19H16N4OS. The van der Waals surface area contributed by atoms with E-state index >= 15 is 0 Å². The molecule has 0 radical (unpaired) electrons. The Bertz CT molecular complexity index is 1060. The monoisotopic (exact) mass is 348 g/mol. The average Bonchev–Trinajstić information content (AvgIpc) is 3.19. The molecule has 6 heteroatoms. The van der Waals surface area contributed by atoms with Crippen molar-refractivity contribution in [3.8, 4) is 5.69 Å². The number of aromatic nitrogens is 3. The Balaban J connectivity index is 1.54. The molecule has 2 aromatic heterocycles. The van der Waals surface area contributed by atoms with Gasteiger partial charge in [-0.2, -0.15) is 5.10 Å². The van der Waals surface area contributed by atoms with Gasteiger partial charge < -0.3 is 5.32 Å². The minimum atomic E-state index is -0.135. The maximum absolute atomic E-state index is 12.5. The van der Waals surface area contributed by atoms with Gasteiger partial charge >= 0.3 is 0 Å². The number of amides is 1. The highest BCUT2D eigenvalue weighted by molar-refractivity contribution is 7.18. The molecule has 4 aromatic rings. The molecule has 0 aliphatic heterocycles. The molecule has 0 aliphatic carbocycles. The number of carbonyl (C=O) groups is 1. The van der Waals surface area contributed by atoms with E-state index in [9.17, 15) is 4.79 Å². The van der Waals surface area contributed by atoms with Gasteiger partial charge in [-0.3, -0.25) is 4.79 Å². The van der Waals surface area contributed by atoms with Crippen molar-refractivity contribution < 1.29 is 4.79 Å². The third kappa shape index (κ3) is 3.04. The predicted molar refractivity (Wildman–Crippen MR) is 101 cm³/mol. The summed E-state index contributed by atoms with van der Waals surface area (Å²) in [5.41, 5.74) is 4.31. The quantitative estimate of drug-likeness (QED) is 0.599. The highest BCUT2D eigenvalue weighted by Gasteiger charge is 2.09. The van der Waals surface area contributed by atoms with E-state index in [0.29, 0.717) is 5.56 Å². The van der Waals surface area contributed by atoms with Crippen LogP contribution in [0.3, 0.4) is 0 Å². The third-order valence-electron chi connectivity index (χ3n) is 3.96. The van der Waals surface area contributed by atoms with Gasteiger partial charge in [-0.1, -0.05) is 0 Å². The first-order valence-corrected chi connectivity index (χ1v) is 8.71. The zero-order chi connectivity index (χ0) is 17.4. The predicted octanol–water partition coefficient (Wildman–Crippen LogP) is 4.35. The number of thiazole rings is 1. The fourth-order valence-electron chi connectivity index (χ4n) is 2.71. The van der Waals surface area contributed by atoms with Crippen molar-refractivity contribution in [2.24, 2.45) is 0 Å². The van der Waals surface area contributed by atoms with Crippen LogP contribution in [0.15, 0.2) is 54.7 Å². The van der Waals surface area contributed by atoms with Crippen LogP contribution in [0.1, 0.15) is 21.1 Å². The van der Waals surface area contributed by atoms with E-state index in [2.05, 4.69) is 15.4 Å². The Hall–Kier alpha value is -2.99. The van der Waals surface area contributed by atoms with Gasteiger partial charge in [0.15, 0.2) is 0 Å². The van der Waals surface area contributed by atoms with Crippen LogP contribution in [-0.2, 0) is 0 Å². The number of aryl methyl sites for hydroxylation is 2. The van der Waals surface area contributed by atoms with Gasteiger partial charge in [0.1, 0.15) is 0 Å². The van der Waals surface area contributed by atoms with E-state index in [0.717, 1.165) is 32.3 Å². The van der Waals surface area contributed by atoms with Crippen LogP contribution in [0.25, 0.3) is 15.9 Å². The van der Waals surface area contributed by atoms with Crippen molar-refractivity contribution >= 4 is 33.1 Å². The topological polar surface area (TPSA) is 59.8 Å². The molecule has 0 aliphatic rings. The number of fused-ring (bicyclic) bond motifs is 1. The fraction of sp³-hybridized carbons (Fsp3) is 0.105. The minimum Gasteiger partial charge on any atom is -0.322 e. The third-order valence-corrected chi connectivity index (χ3v) is 4.89. The summed E-state index contributed by atoms with van der Waals surface area (Å²) < 4.78 is 2.90. The normalized spacial score (nSPS) is 11.0. The van der Waals surface area contributed by atoms with Crippen LogP contribution < -0.4 is 5.32 Å². The Morgan fingerprint density at radius 1 is 1.08 bits per heavy atom. The van der Waals surface area contributed by atoms with Crippen LogP contribution in [0.5, 0.6) is 0 Å². The lowest BCUT2D eigenvalue weighted by molar-refractivity contribution is 0.102. The molecule has 1 amide bonds. The highest BCUT2D eigenvalue weighted by atomic mass is 32.1. The molecule has 0 atom stereocenters. The van der Waals surface area contributed by atoms with Gasteiger partial charge in [-0.15, -0.1) is 11.3 Å². The molecule has 0 saturated heterocycles. The summed E-state index contributed by atoms with van der Waals surface area (Å²) in [6.07, 6.45) is 1.76. The van der Waals surface area contributed by atoms with E-state index in [4.69, 9.17) is 0 Å². The minimum absolute atomic E-state index is 0.135. The molecule has 2 aromatic carbocycles. The van der Waals surface area contributed by atoms with Crippen molar-refractivity contribution in [2.45, 2.75) is 13.8 Å². The van der Waals surface area contributed by atoms with E-state index in [-0.39, 0.29) is 5.91 Å². The molecular weight excluding hydrogens is 332 g/mol. The molecule has 124 valence electrons. The summed E-state index contributed by atoms with van der Waals surface area (Å²) in [6, 6.07) is 15.1. The Kier molecular flexibility index (Phi) is 3.82. The van der Waals surface area contributed by atoms with Crippen LogP contribution in [0, 0.1) is 13.8 Å². The Morgan fingerprint density at radius 3 is 2.60 bits per heavy atom. The first-order valence-electron chi connectivity index (χ1n) is 7.90. The lowest BCUT2D eigenvalue weighted by atomic mass is 10.2. The van der Waals surface area contributed by atoms with Crippen LogP contribution in [-0.4, -0.2) is 20.7 Å². The Labute approximate surface area is 149 Å². The van der Waals surface area contributed by atoms with Gasteiger partial charge in [0.05, 0.1) is 20.9 Å². The zero-order valence-corrected chi connectivity index (χ0v) is 14.7. The average molecular weight is 348 g/mol. The first-order chi connectivity index (χ1) is 12.1. The largest absolute Gasteiger partial charge is 0.322 e. The van der Waals surface area contributed by atoms with Crippen molar-refractivity contribution in [1.82, 2.24) is 14.8 Å². The van der Waals surface area contributed by atoms with Crippen molar-refractivity contribution in [3.63, 3.8) is 0 Å². The van der Waals surface area contributed by atoms with Crippen molar-refractivity contribution in [2.75, 3.05) is 5.32 Å². The summed E-state index contributed by atoms with van der Waals surface area (Å²) >= 11 is 1.62. The van der Waals surface area contributed by atoms with Gasteiger partial charge in [-0.25, -0.2) is 9.67 Å². The molecule has 0 fully saturated rings. The second-order valence-corrected chi connectivity index (χ2v) is 7.04. The van der Waals surface area contributed by atoms with E-state index in [1.165, 1.54) is 0 Å². The number of nitrogens with zero attached hydrogens (tertiary/aromatic N) is 3.